The van der Waals surface area contributed by atoms with Crippen LogP contribution in [0.2, 0.25) is 0 Å². The van der Waals surface area contributed by atoms with E-state index in [1.165, 1.54) is 60.8 Å². The quantitative estimate of drug-likeness (QED) is 0.135. The summed E-state index contributed by atoms with van der Waals surface area (Å²) in [4.78, 5) is 4.84. The van der Waals surface area contributed by atoms with Gasteiger partial charge in [-0.1, -0.05) is 212 Å². The maximum Gasteiger partial charge on any atom is 0.0714 e. The van der Waals surface area contributed by atoms with Crippen molar-refractivity contribution in [2.75, 3.05) is 9.80 Å². The molecule has 0 N–H and O–H groups in total. The normalized spacial score (nSPS) is 12.3. The first-order chi connectivity index (χ1) is 33.3. The SMILES string of the molecule is c1ccc(-c2c(-c3cc(N(c4ccccc4)c4ccccc4)cc(N(c4ccccc4)c4ccc5c(c4)C(c4ccccc4)(c4ccccc4)c4ccccc4-5)c3)ccc3ccccc23)cc1. The Morgan fingerprint density at radius 3 is 1.28 bits per heavy atom. The summed E-state index contributed by atoms with van der Waals surface area (Å²) in [5.74, 6) is 0. The van der Waals surface area contributed by atoms with Crippen molar-refractivity contribution in [3.05, 3.63) is 301 Å². The molecule has 0 saturated heterocycles. The Morgan fingerprint density at radius 2 is 0.701 bits per heavy atom. The van der Waals surface area contributed by atoms with Crippen LogP contribution in [0.3, 0.4) is 0 Å². The van der Waals surface area contributed by atoms with E-state index in [1.54, 1.807) is 0 Å². The number of rotatable bonds is 10. The molecule has 0 aliphatic heterocycles. The van der Waals surface area contributed by atoms with Crippen LogP contribution in [0.5, 0.6) is 0 Å². The van der Waals surface area contributed by atoms with E-state index in [0.29, 0.717) is 0 Å². The minimum absolute atomic E-state index is 0.549. The highest BCUT2D eigenvalue weighted by Crippen LogP contribution is 2.57. The Morgan fingerprint density at radius 1 is 0.254 bits per heavy atom. The molecule has 1 aliphatic rings. The number of nitrogens with zero attached hydrogens (tertiary/aromatic N) is 2. The predicted octanol–water partition coefficient (Wildman–Crippen LogP) is 17.5. The molecule has 67 heavy (non-hydrogen) atoms. The molecule has 0 aromatic heterocycles. The molecule has 2 heteroatoms. The molecule has 2 nitrogen and oxygen atoms in total. The van der Waals surface area contributed by atoms with Gasteiger partial charge < -0.3 is 9.80 Å². The first-order valence-corrected chi connectivity index (χ1v) is 23.1. The summed E-state index contributed by atoms with van der Waals surface area (Å²) < 4.78 is 0. The first kappa shape index (κ1) is 39.8. The van der Waals surface area contributed by atoms with E-state index in [2.05, 4.69) is 289 Å². The maximum atomic E-state index is 2.46. The third-order valence-electron chi connectivity index (χ3n) is 13.5. The van der Waals surface area contributed by atoms with Gasteiger partial charge in [-0.2, -0.15) is 0 Å². The third-order valence-corrected chi connectivity index (χ3v) is 13.5. The number of anilines is 6. The Bertz CT molecular complexity index is 3420. The zero-order valence-corrected chi connectivity index (χ0v) is 37.0. The highest BCUT2D eigenvalue weighted by atomic mass is 15.2. The molecule has 11 aromatic carbocycles. The lowest BCUT2D eigenvalue weighted by Crippen LogP contribution is -2.28. The highest BCUT2D eigenvalue weighted by Gasteiger charge is 2.46. The van der Waals surface area contributed by atoms with Crippen LogP contribution in [0.15, 0.2) is 279 Å². The van der Waals surface area contributed by atoms with Gasteiger partial charge in [-0.15, -0.1) is 0 Å². The van der Waals surface area contributed by atoms with Crippen molar-refractivity contribution in [3.8, 4) is 33.4 Å². The van der Waals surface area contributed by atoms with Gasteiger partial charge in [0.2, 0.25) is 0 Å². The van der Waals surface area contributed by atoms with Crippen molar-refractivity contribution in [3.63, 3.8) is 0 Å². The highest BCUT2D eigenvalue weighted by molar-refractivity contribution is 6.05. The molecule has 316 valence electrons. The maximum absolute atomic E-state index is 2.46. The molecule has 1 aliphatic carbocycles. The Kier molecular flexibility index (Phi) is 10.1. The molecule has 0 heterocycles. The summed E-state index contributed by atoms with van der Waals surface area (Å²) in [6.07, 6.45) is 0. The molecule has 12 rings (SSSR count). The molecule has 0 radical (unpaired) electrons. The Balaban J connectivity index is 1.16. The molecule has 0 spiro atoms. The van der Waals surface area contributed by atoms with E-state index >= 15 is 0 Å². The van der Waals surface area contributed by atoms with Crippen LogP contribution >= 0.6 is 0 Å². The number of fused-ring (bicyclic) bond motifs is 4. The van der Waals surface area contributed by atoms with Crippen LogP contribution in [0, 0.1) is 0 Å². The predicted molar refractivity (Wildman–Crippen MR) is 281 cm³/mol. The number of hydrogen-bond donors (Lipinski definition) is 0. The van der Waals surface area contributed by atoms with Crippen molar-refractivity contribution in [2.24, 2.45) is 0 Å². The number of benzene rings is 11. The zero-order valence-electron chi connectivity index (χ0n) is 37.0. The number of para-hydroxylation sites is 3. The van der Waals surface area contributed by atoms with Gasteiger partial charge in [-0.05, 0) is 133 Å². The van der Waals surface area contributed by atoms with Gasteiger partial charge in [-0.25, -0.2) is 0 Å². The van der Waals surface area contributed by atoms with E-state index in [4.69, 9.17) is 0 Å². The van der Waals surface area contributed by atoms with Gasteiger partial charge >= 0.3 is 0 Å². The molecule has 0 fully saturated rings. The smallest absolute Gasteiger partial charge is 0.0714 e. The zero-order chi connectivity index (χ0) is 44.6. The molecule has 0 amide bonds. The van der Waals surface area contributed by atoms with E-state index in [0.717, 1.165) is 39.7 Å². The molecule has 0 unspecified atom stereocenters. The minimum Gasteiger partial charge on any atom is -0.310 e. The summed E-state index contributed by atoms with van der Waals surface area (Å²) in [7, 11) is 0. The minimum atomic E-state index is -0.549. The van der Waals surface area contributed by atoms with Gasteiger partial charge in [0.15, 0.2) is 0 Å². The van der Waals surface area contributed by atoms with Crippen molar-refractivity contribution >= 4 is 44.9 Å². The lowest BCUT2D eigenvalue weighted by molar-refractivity contribution is 0.768. The van der Waals surface area contributed by atoms with Crippen molar-refractivity contribution in [1.29, 1.82) is 0 Å². The van der Waals surface area contributed by atoms with E-state index in [1.807, 2.05) is 0 Å². The van der Waals surface area contributed by atoms with Crippen molar-refractivity contribution < 1.29 is 0 Å². The van der Waals surface area contributed by atoms with E-state index in [-0.39, 0.29) is 0 Å². The molecule has 0 saturated carbocycles. The molecular formula is C65H46N2. The van der Waals surface area contributed by atoms with Crippen LogP contribution < -0.4 is 9.80 Å². The monoisotopic (exact) mass is 854 g/mol. The number of hydrogen-bond acceptors (Lipinski definition) is 2. The largest absolute Gasteiger partial charge is 0.310 e. The molecule has 0 bridgehead atoms. The van der Waals surface area contributed by atoms with Gasteiger partial charge in [0, 0.05) is 34.1 Å². The molecule has 11 aromatic rings. The Labute approximate surface area is 393 Å². The van der Waals surface area contributed by atoms with Crippen molar-refractivity contribution in [1.82, 2.24) is 0 Å². The fraction of sp³-hybridized carbons (Fsp3) is 0.0154. The molecular weight excluding hydrogens is 809 g/mol. The van der Waals surface area contributed by atoms with E-state index < -0.39 is 5.41 Å². The average Bonchev–Trinajstić information content (AvgIpc) is 3.70. The van der Waals surface area contributed by atoms with Gasteiger partial charge in [0.05, 0.1) is 5.41 Å². The molecule has 0 atom stereocenters. The summed E-state index contributed by atoms with van der Waals surface area (Å²) in [6.45, 7) is 0. The lowest BCUT2D eigenvalue weighted by atomic mass is 9.67. The summed E-state index contributed by atoms with van der Waals surface area (Å²) in [5, 5.41) is 2.43. The summed E-state index contributed by atoms with van der Waals surface area (Å²) in [6, 6.07) is 102. The second kappa shape index (κ2) is 17.0. The van der Waals surface area contributed by atoms with Crippen LogP contribution in [0.25, 0.3) is 44.2 Å². The van der Waals surface area contributed by atoms with Crippen LogP contribution in [0.4, 0.5) is 34.1 Å². The van der Waals surface area contributed by atoms with Crippen LogP contribution in [0.1, 0.15) is 22.3 Å². The second-order valence-electron chi connectivity index (χ2n) is 17.2. The van der Waals surface area contributed by atoms with Gasteiger partial charge in [0.25, 0.3) is 0 Å². The second-order valence-corrected chi connectivity index (χ2v) is 17.2. The fourth-order valence-corrected chi connectivity index (χ4v) is 10.6. The third kappa shape index (κ3) is 6.90. The standard InChI is InChI=1S/C65H46N2/c1-7-24-48(25-8-1)64-58-36-20-19-23-47(58)39-41-59(64)49-43-56(66(52-30-13-4-14-31-52)53-32-15-5-16-33-53)45-57(44-49)67(54-34-17-6-18-35-54)55-40-42-61-60-37-21-22-38-62(60)65(63(61)46-55,50-26-9-2-10-27-50)51-28-11-3-12-29-51/h1-46H. The summed E-state index contributed by atoms with van der Waals surface area (Å²) in [5.41, 5.74) is 18.1. The lowest BCUT2D eigenvalue weighted by Gasteiger charge is -2.35. The topological polar surface area (TPSA) is 6.48 Å². The van der Waals surface area contributed by atoms with Crippen LogP contribution in [-0.2, 0) is 5.41 Å². The first-order valence-electron chi connectivity index (χ1n) is 23.1. The van der Waals surface area contributed by atoms with E-state index in [9.17, 15) is 0 Å². The average molecular weight is 855 g/mol. The van der Waals surface area contributed by atoms with Gasteiger partial charge in [0.1, 0.15) is 0 Å². The fourth-order valence-electron chi connectivity index (χ4n) is 10.6. The Hall–Kier alpha value is -8.72. The van der Waals surface area contributed by atoms with Crippen molar-refractivity contribution in [2.45, 2.75) is 5.41 Å². The summed E-state index contributed by atoms with van der Waals surface area (Å²) >= 11 is 0. The van der Waals surface area contributed by atoms with Crippen LogP contribution in [-0.4, -0.2) is 0 Å². The van der Waals surface area contributed by atoms with Gasteiger partial charge in [-0.3, -0.25) is 0 Å².